The number of carbonyl (C=O) groups is 7. The van der Waals surface area contributed by atoms with Gasteiger partial charge in [-0.3, -0.25) is 33.6 Å². The van der Waals surface area contributed by atoms with Gasteiger partial charge in [0.25, 0.3) is 0 Å². The summed E-state index contributed by atoms with van der Waals surface area (Å²) in [6.45, 7) is 27.6. The Morgan fingerprint density at radius 2 is 1.24 bits per heavy atom. The van der Waals surface area contributed by atoms with Crippen LogP contribution in [0.15, 0.2) is 0 Å². The van der Waals surface area contributed by atoms with Gasteiger partial charge in [0, 0.05) is 13.5 Å². The Bertz CT molecular complexity index is 1860. The first kappa shape index (κ1) is 64.5. The van der Waals surface area contributed by atoms with Crippen molar-refractivity contribution in [1.82, 2.24) is 36.8 Å². The van der Waals surface area contributed by atoms with E-state index in [1.165, 1.54) is 65.8 Å². The minimum atomic E-state index is -1.26. The number of nitrogens with zero attached hydrogens (tertiary/aromatic N) is 1. The van der Waals surface area contributed by atoms with E-state index < -0.39 is 102 Å². The van der Waals surface area contributed by atoms with Crippen molar-refractivity contribution in [1.29, 1.82) is 0 Å². The lowest BCUT2D eigenvalue weighted by molar-refractivity contribution is -0.199. The largest absolute Gasteiger partial charge is 0.478 e. The molecule has 6 N–H and O–H groups in total. The van der Waals surface area contributed by atoms with Gasteiger partial charge in [-0.1, -0.05) is 98.8 Å². The second-order valence-electron chi connectivity index (χ2n) is 24.7. The molecule has 0 spiro atoms. The summed E-state index contributed by atoms with van der Waals surface area (Å²) in [6, 6.07) is -5.49. The molecular weight excluding hydrogens is 945 g/mol. The van der Waals surface area contributed by atoms with Gasteiger partial charge in [-0.25, -0.2) is 0 Å². The van der Waals surface area contributed by atoms with Gasteiger partial charge in [0.2, 0.25) is 41.4 Å². The number of hydrogen-bond acceptors (Lipinski definition) is 11. The van der Waals surface area contributed by atoms with E-state index in [-0.39, 0.29) is 42.8 Å². The standard InChI is InChI=1S/C55H100BN7O11/c1-17-18-19-20-21-22-23-24-25-26-27-28-44(64)61-41(33-71-52(7,8)9)50(69)59-36(4)47(66)57-32-45(65)63(16)46(38(6)72-53(10,11)12)51(70)60-37(5)48(67)62-40(29-35(2)3)49(68)58-34-56-73-43-31-39-30-42(54(39,13)14)55(43,15)74-56/h35-43,46H,17-34H2,1-16H3,(H,57,66)(H,58,68)(H,59,69)(H,60,70)(H,61,64)(H,62,67)/t36-,37+,38?,39+,40+,41-,42+,43-,46+,55+/m1/s1. The van der Waals surface area contributed by atoms with Gasteiger partial charge >= 0.3 is 7.12 Å². The molecule has 1 aliphatic heterocycles. The van der Waals surface area contributed by atoms with Crippen molar-refractivity contribution >= 4 is 48.5 Å². The van der Waals surface area contributed by atoms with Gasteiger partial charge in [-0.2, -0.15) is 0 Å². The first-order valence-corrected chi connectivity index (χ1v) is 28.1. The monoisotopic (exact) mass is 1050 g/mol. The van der Waals surface area contributed by atoms with Crippen molar-refractivity contribution in [2.45, 2.75) is 259 Å². The summed E-state index contributed by atoms with van der Waals surface area (Å²) < 4.78 is 24.8. The molecule has 4 aliphatic rings. The molecule has 0 aromatic rings. The summed E-state index contributed by atoms with van der Waals surface area (Å²) in [7, 11) is 0.783. The number of hydrogen-bond donors (Lipinski definition) is 6. The van der Waals surface area contributed by atoms with Crippen LogP contribution in [0.2, 0.25) is 0 Å². The molecule has 2 bridgehead atoms. The Labute approximate surface area is 445 Å². The Balaban J connectivity index is 1.56. The molecule has 4 rings (SSSR count). The highest BCUT2D eigenvalue weighted by molar-refractivity contribution is 6.46. The molecule has 3 saturated carbocycles. The second kappa shape index (κ2) is 29.1. The zero-order valence-electron chi connectivity index (χ0n) is 48.5. The second-order valence-corrected chi connectivity index (χ2v) is 24.7. The zero-order valence-corrected chi connectivity index (χ0v) is 48.5. The summed E-state index contributed by atoms with van der Waals surface area (Å²) in [5, 5.41) is 16.4. The van der Waals surface area contributed by atoms with Crippen LogP contribution in [-0.2, 0) is 52.3 Å². The summed E-state index contributed by atoms with van der Waals surface area (Å²) >= 11 is 0. The molecular formula is C55H100BN7O11. The number of amides is 7. The SMILES string of the molecule is CCCCCCCCCCCCCC(=O)N[C@H](COC(C)(C)C)C(=O)N[C@H](C)C(=O)NCC(=O)N(C)[C@H](C(=O)N[C@@H](C)C(=O)N[C@@H](CC(C)C)C(=O)NCB1O[C@@H]2C[C@@H]3C[C@@H](C3(C)C)[C@]2(C)O1)C(C)OC(C)(C)C. The highest BCUT2D eigenvalue weighted by Crippen LogP contribution is 2.65. The molecule has 3 aliphatic carbocycles. The summed E-state index contributed by atoms with van der Waals surface area (Å²) in [5.41, 5.74) is -1.58. The Morgan fingerprint density at radius 3 is 1.80 bits per heavy atom. The molecule has 1 heterocycles. The Morgan fingerprint density at radius 1 is 0.676 bits per heavy atom. The zero-order chi connectivity index (χ0) is 55.8. The minimum absolute atomic E-state index is 0.0383. The fourth-order valence-corrected chi connectivity index (χ4v) is 10.7. The minimum Gasteiger partial charge on any atom is -0.404 e. The molecule has 0 aromatic heterocycles. The average molecular weight is 1050 g/mol. The first-order valence-electron chi connectivity index (χ1n) is 28.1. The quantitative estimate of drug-likeness (QED) is 0.0335. The molecule has 7 amide bonds. The van der Waals surface area contributed by atoms with E-state index in [9.17, 15) is 33.6 Å². The lowest BCUT2D eigenvalue weighted by atomic mass is 9.43. The molecule has 74 heavy (non-hydrogen) atoms. The number of unbranched alkanes of at least 4 members (excludes halogenated alkanes) is 10. The third-order valence-electron chi connectivity index (χ3n) is 15.1. The molecule has 19 heteroatoms. The van der Waals surface area contributed by atoms with E-state index in [4.69, 9.17) is 18.8 Å². The molecule has 18 nitrogen and oxygen atoms in total. The van der Waals surface area contributed by atoms with E-state index in [1.54, 1.807) is 27.7 Å². The fourth-order valence-electron chi connectivity index (χ4n) is 10.7. The maximum Gasteiger partial charge on any atom is 0.478 e. The summed E-state index contributed by atoms with van der Waals surface area (Å²) in [6.07, 6.45) is 14.5. The van der Waals surface area contributed by atoms with E-state index >= 15 is 0 Å². The number of likely N-dealkylation sites (N-methyl/N-ethyl adjacent to an activating group) is 1. The lowest BCUT2D eigenvalue weighted by Gasteiger charge is -2.64. The van der Waals surface area contributed by atoms with E-state index in [0.717, 1.165) is 37.0 Å². The Hall–Kier alpha value is -3.81. The van der Waals surface area contributed by atoms with Crippen molar-refractivity contribution in [3.63, 3.8) is 0 Å². The predicted molar refractivity (Wildman–Crippen MR) is 288 cm³/mol. The average Bonchev–Trinajstić information content (AvgIpc) is 3.65. The highest BCUT2D eigenvalue weighted by Gasteiger charge is 2.67. The van der Waals surface area contributed by atoms with Gasteiger partial charge in [0.15, 0.2) is 0 Å². The summed E-state index contributed by atoms with van der Waals surface area (Å²) in [5.74, 6) is -2.94. The highest BCUT2D eigenvalue weighted by atomic mass is 16.7. The van der Waals surface area contributed by atoms with Crippen molar-refractivity contribution in [2.75, 3.05) is 26.6 Å². The van der Waals surface area contributed by atoms with Gasteiger partial charge in [-0.15, -0.1) is 0 Å². The van der Waals surface area contributed by atoms with Crippen LogP contribution in [0.4, 0.5) is 0 Å². The molecule has 4 fully saturated rings. The van der Waals surface area contributed by atoms with Gasteiger partial charge in [0.1, 0.15) is 30.2 Å². The van der Waals surface area contributed by atoms with Gasteiger partial charge in [0.05, 0.1) is 48.6 Å². The molecule has 0 radical (unpaired) electrons. The Kier molecular flexibility index (Phi) is 25.3. The fraction of sp³-hybridized carbons (Fsp3) is 0.873. The van der Waals surface area contributed by atoms with Crippen molar-refractivity contribution < 1.29 is 52.3 Å². The maximum absolute atomic E-state index is 14.1. The van der Waals surface area contributed by atoms with Crippen LogP contribution in [0.25, 0.3) is 0 Å². The van der Waals surface area contributed by atoms with Crippen molar-refractivity contribution in [3.8, 4) is 0 Å². The van der Waals surface area contributed by atoms with Crippen LogP contribution < -0.4 is 31.9 Å². The normalized spacial score (nSPS) is 22.4. The lowest BCUT2D eigenvalue weighted by Crippen LogP contribution is -2.65. The maximum atomic E-state index is 14.1. The smallest absolute Gasteiger partial charge is 0.404 e. The van der Waals surface area contributed by atoms with Crippen molar-refractivity contribution in [3.05, 3.63) is 0 Å². The van der Waals surface area contributed by atoms with Gasteiger partial charge < -0.3 is 55.6 Å². The number of ether oxygens (including phenoxy) is 2. The summed E-state index contributed by atoms with van der Waals surface area (Å²) in [4.78, 5) is 96.2. The molecule has 10 atom stereocenters. The van der Waals surface area contributed by atoms with Crippen LogP contribution in [0.5, 0.6) is 0 Å². The van der Waals surface area contributed by atoms with E-state index in [1.807, 2.05) is 34.6 Å². The predicted octanol–water partition coefficient (Wildman–Crippen LogP) is 6.06. The number of carbonyl (C=O) groups excluding carboxylic acids is 7. The topological polar surface area (TPSA) is 232 Å². The molecule has 0 aromatic carbocycles. The van der Waals surface area contributed by atoms with Crippen molar-refractivity contribution in [2.24, 2.45) is 23.2 Å². The van der Waals surface area contributed by atoms with E-state index in [2.05, 4.69) is 59.6 Å². The number of rotatable bonds is 32. The van der Waals surface area contributed by atoms with Crippen LogP contribution in [0.1, 0.15) is 200 Å². The van der Waals surface area contributed by atoms with Crippen LogP contribution in [0.3, 0.4) is 0 Å². The van der Waals surface area contributed by atoms with Crippen LogP contribution in [-0.4, -0.2) is 139 Å². The molecule has 424 valence electrons. The third-order valence-corrected chi connectivity index (χ3v) is 15.1. The third kappa shape index (κ3) is 20.3. The molecule has 1 saturated heterocycles. The van der Waals surface area contributed by atoms with Gasteiger partial charge in [-0.05, 0) is 118 Å². The first-order chi connectivity index (χ1) is 34.4. The van der Waals surface area contributed by atoms with Crippen LogP contribution in [0, 0.1) is 23.2 Å². The van der Waals surface area contributed by atoms with E-state index in [0.29, 0.717) is 24.7 Å². The van der Waals surface area contributed by atoms with Crippen LogP contribution >= 0.6 is 0 Å². The number of nitrogens with one attached hydrogen (secondary N) is 6. The molecule has 1 unspecified atom stereocenters.